The zero-order valence-corrected chi connectivity index (χ0v) is 13.5. The van der Waals surface area contributed by atoms with Gasteiger partial charge in [-0.3, -0.25) is 0 Å². The molecule has 6 heteroatoms. The largest absolute Gasteiger partial charge is 0.313 e. The summed E-state index contributed by atoms with van der Waals surface area (Å²) in [5.74, 6) is 0. The van der Waals surface area contributed by atoms with Gasteiger partial charge in [0.2, 0.25) is 0 Å². The number of nitrogens with one attached hydrogen (secondary N) is 1. The molecule has 0 atom stereocenters. The molecule has 18 heavy (non-hydrogen) atoms. The summed E-state index contributed by atoms with van der Waals surface area (Å²) in [4.78, 5) is 1.18. The maximum Gasteiger partial charge on any atom is 0.179 e. The van der Waals surface area contributed by atoms with Crippen molar-refractivity contribution in [1.82, 2.24) is 15.5 Å². The van der Waals surface area contributed by atoms with Gasteiger partial charge in [-0.05, 0) is 31.2 Å². The van der Waals surface area contributed by atoms with Gasteiger partial charge in [-0.2, -0.15) is 0 Å². The number of halogens is 1. The Bertz CT molecular complexity index is 528. The van der Waals surface area contributed by atoms with Crippen LogP contribution in [0.25, 0.3) is 0 Å². The summed E-state index contributed by atoms with van der Waals surface area (Å²) in [7, 11) is 0. The van der Waals surface area contributed by atoms with Crippen molar-refractivity contribution in [2.24, 2.45) is 0 Å². The molecule has 0 aliphatic heterocycles. The van der Waals surface area contributed by atoms with E-state index in [1.54, 1.807) is 23.1 Å². The fraction of sp³-hybridized carbons (Fsp3) is 0.333. The first-order valence-electron chi connectivity index (χ1n) is 5.66. The van der Waals surface area contributed by atoms with E-state index >= 15 is 0 Å². The summed E-state index contributed by atoms with van der Waals surface area (Å²) in [6.45, 7) is 5.94. The first-order valence-corrected chi connectivity index (χ1v) is 8.08. The number of aryl methyl sites for hydroxylation is 1. The van der Waals surface area contributed by atoms with Crippen LogP contribution in [0.3, 0.4) is 0 Å². The quantitative estimate of drug-likeness (QED) is 0.894. The lowest BCUT2D eigenvalue weighted by Gasteiger charge is -2.06. The van der Waals surface area contributed by atoms with Gasteiger partial charge in [-0.1, -0.05) is 52.0 Å². The summed E-state index contributed by atoms with van der Waals surface area (Å²) in [6.07, 6.45) is 0. The molecule has 0 bridgehead atoms. The van der Waals surface area contributed by atoms with Crippen molar-refractivity contribution in [2.45, 2.75) is 29.6 Å². The summed E-state index contributed by atoms with van der Waals surface area (Å²) in [6, 6.07) is 6.40. The van der Waals surface area contributed by atoms with Gasteiger partial charge in [0.05, 0.1) is 0 Å². The Kier molecular flexibility index (Phi) is 5.17. The normalized spacial score (nSPS) is 10.8. The van der Waals surface area contributed by atoms with Crippen LogP contribution in [0.2, 0.25) is 0 Å². The molecular formula is C12H14BrN3S2. The minimum Gasteiger partial charge on any atom is -0.313 e. The highest BCUT2D eigenvalue weighted by molar-refractivity contribution is 9.10. The van der Waals surface area contributed by atoms with Crippen molar-refractivity contribution >= 4 is 39.0 Å². The van der Waals surface area contributed by atoms with Gasteiger partial charge in [-0.15, -0.1) is 10.2 Å². The molecule has 0 saturated heterocycles. The second-order valence-corrected chi connectivity index (χ2v) is 7.08. The summed E-state index contributed by atoms with van der Waals surface area (Å²) >= 11 is 6.88. The maximum absolute atomic E-state index is 4.12. The van der Waals surface area contributed by atoms with E-state index in [1.807, 2.05) is 6.92 Å². The Hall–Kier alpha value is -0.430. The van der Waals surface area contributed by atoms with Crippen LogP contribution in [0.5, 0.6) is 0 Å². The third-order valence-corrected chi connectivity index (χ3v) is 4.92. The van der Waals surface area contributed by atoms with Crippen LogP contribution < -0.4 is 5.32 Å². The van der Waals surface area contributed by atoms with Gasteiger partial charge in [-0.25, -0.2) is 0 Å². The van der Waals surface area contributed by atoms with Gasteiger partial charge in [0.25, 0.3) is 0 Å². The molecule has 0 aliphatic rings. The van der Waals surface area contributed by atoms with Crippen molar-refractivity contribution in [3.8, 4) is 0 Å². The molecule has 0 unspecified atom stereocenters. The molecule has 0 spiro atoms. The smallest absolute Gasteiger partial charge is 0.179 e. The molecule has 0 aliphatic carbocycles. The molecular weight excluding hydrogens is 330 g/mol. The Morgan fingerprint density at radius 3 is 2.83 bits per heavy atom. The SMILES string of the molecule is CCNCc1ccc(Sc2nnc(C)s2)cc1Br. The molecule has 1 aromatic heterocycles. The van der Waals surface area contributed by atoms with Gasteiger partial charge < -0.3 is 5.32 Å². The molecule has 0 radical (unpaired) electrons. The van der Waals surface area contributed by atoms with Gasteiger partial charge in [0, 0.05) is 15.9 Å². The molecule has 3 nitrogen and oxygen atoms in total. The van der Waals surface area contributed by atoms with Gasteiger partial charge in [0.15, 0.2) is 4.34 Å². The van der Waals surface area contributed by atoms with Crippen LogP contribution in [0.1, 0.15) is 17.5 Å². The predicted octanol–water partition coefficient (Wildman–Crippen LogP) is 3.87. The second kappa shape index (κ2) is 6.65. The maximum atomic E-state index is 4.12. The van der Waals surface area contributed by atoms with Crippen LogP contribution in [-0.2, 0) is 6.54 Å². The average Bonchev–Trinajstić information content (AvgIpc) is 2.74. The summed E-state index contributed by atoms with van der Waals surface area (Å²) in [5.41, 5.74) is 1.27. The second-order valence-electron chi connectivity index (χ2n) is 3.72. The van der Waals surface area contributed by atoms with Crippen molar-refractivity contribution in [3.05, 3.63) is 33.2 Å². The first kappa shape index (κ1) is 14.0. The third-order valence-electron chi connectivity index (χ3n) is 2.30. The van der Waals surface area contributed by atoms with E-state index in [0.29, 0.717) is 0 Å². The molecule has 2 aromatic rings. The molecule has 2 rings (SSSR count). The average molecular weight is 344 g/mol. The lowest BCUT2D eigenvalue weighted by molar-refractivity contribution is 0.724. The minimum absolute atomic E-state index is 0.889. The Morgan fingerprint density at radius 1 is 1.39 bits per heavy atom. The highest BCUT2D eigenvalue weighted by Gasteiger charge is 2.06. The van der Waals surface area contributed by atoms with Crippen LogP contribution in [-0.4, -0.2) is 16.7 Å². The number of hydrogen-bond donors (Lipinski definition) is 1. The van der Waals surface area contributed by atoms with Crippen LogP contribution in [0, 0.1) is 6.92 Å². The van der Waals surface area contributed by atoms with Crippen LogP contribution >= 0.6 is 39.0 Å². The topological polar surface area (TPSA) is 37.8 Å². The molecule has 0 amide bonds. The lowest BCUT2D eigenvalue weighted by atomic mass is 10.2. The van der Waals surface area contributed by atoms with Crippen molar-refractivity contribution in [2.75, 3.05) is 6.54 Å². The van der Waals surface area contributed by atoms with Crippen molar-refractivity contribution < 1.29 is 0 Å². The number of nitrogens with zero attached hydrogens (tertiary/aromatic N) is 2. The number of rotatable bonds is 5. The van der Waals surface area contributed by atoms with Crippen LogP contribution in [0.4, 0.5) is 0 Å². The van der Waals surface area contributed by atoms with Crippen molar-refractivity contribution in [3.63, 3.8) is 0 Å². The lowest BCUT2D eigenvalue weighted by Crippen LogP contribution is -2.11. The Balaban J connectivity index is 2.08. The van der Waals surface area contributed by atoms with Crippen molar-refractivity contribution in [1.29, 1.82) is 0 Å². The summed E-state index contributed by atoms with van der Waals surface area (Å²) in [5, 5.41) is 12.5. The van der Waals surface area contributed by atoms with E-state index in [1.165, 1.54) is 10.5 Å². The highest BCUT2D eigenvalue weighted by Crippen LogP contribution is 2.32. The Labute approximate surface area is 124 Å². The zero-order chi connectivity index (χ0) is 13.0. The molecule has 1 heterocycles. The van der Waals surface area contributed by atoms with E-state index < -0.39 is 0 Å². The molecule has 0 fully saturated rings. The molecule has 96 valence electrons. The number of benzene rings is 1. The van der Waals surface area contributed by atoms with Gasteiger partial charge >= 0.3 is 0 Å². The predicted molar refractivity (Wildman–Crippen MR) is 80.3 cm³/mol. The van der Waals surface area contributed by atoms with Gasteiger partial charge in [0.1, 0.15) is 5.01 Å². The fourth-order valence-electron chi connectivity index (χ4n) is 1.42. The van der Waals surface area contributed by atoms with Crippen LogP contribution in [0.15, 0.2) is 31.9 Å². The first-order chi connectivity index (χ1) is 8.69. The zero-order valence-electron chi connectivity index (χ0n) is 10.2. The fourth-order valence-corrected chi connectivity index (χ4v) is 3.91. The third kappa shape index (κ3) is 3.78. The highest BCUT2D eigenvalue weighted by atomic mass is 79.9. The Morgan fingerprint density at radius 2 is 2.22 bits per heavy atom. The molecule has 1 aromatic carbocycles. The summed E-state index contributed by atoms with van der Waals surface area (Å²) < 4.78 is 2.12. The number of aromatic nitrogens is 2. The van der Waals surface area contributed by atoms with E-state index in [0.717, 1.165) is 26.9 Å². The molecule has 1 N–H and O–H groups in total. The monoisotopic (exact) mass is 343 g/mol. The van der Waals surface area contributed by atoms with E-state index in [4.69, 9.17) is 0 Å². The van der Waals surface area contributed by atoms with E-state index in [9.17, 15) is 0 Å². The molecule has 0 saturated carbocycles. The minimum atomic E-state index is 0.889. The number of hydrogen-bond acceptors (Lipinski definition) is 5. The standard InChI is InChI=1S/C12H14BrN3S2/c1-3-14-7-9-4-5-10(6-11(9)13)18-12-16-15-8(2)17-12/h4-6,14H,3,7H2,1-2H3. The van der Waals surface area contributed by atoms with E-state index in [-0.39, 0.29) is 0 Å². The van der Waals surface area contributed by atoms with E-state index in [2.05, 4.69) is 56.6 Å².